The van der Waals surface area contributed by atoms with Crippen LogP contribution in [0.4, 0.5) is 5.82 Å². The van der Waals surface area contributed by atoms with Gasteiger partial charge in [-0.05, 0) is 24.6 Å². The van der Waals surface area contributed by atoms with Gasteiger partial charge < -0.3 is 5.73 Å². The van der Waals surface area contributed by atoms with Crippen molar-refractivity contribution in [1.82, 2.24) is 10.2 Å². The van der Waals surface area contributed by atoms with E-state index < -0.39 is 0 Å². The Labute approximate surface area is 132 Å². The summed E-state index contributed by atoms with van der Waals surface area (Å²) in [5.74, 6) is 0.423. The molecular formula is C16H13Cl2N3. The highest BCUT2D eigenvalue weighted by Gasteiger charge is 2.19. The van der Waals surface area contributed by atoms with Crippen LogP contribution in [0.25, 0.3) is 22.4 Å². The maximum Gasteiger partial charge on any atom is 0.153 e. The molecule has 3 aromatic rings. The summed E-state index contributed by atoms with van der Waals surface area (Å²) in [6.45, 7) is 2.03. The van der Waals surface area contributed by atoms with Crippen LogP contribution in [0.1, 0.15) is 5.56 Å². The molecule has 5 heteroatoms. The van der Waals surface area contributed by atoms with Crippen LogP contribution in [0, 0.1) is 6.92 Å². The number of hydrogen-bond acceptors (Lipinski definition) is 2. The third kappa shape index (κ3) is 2.50. The Hall–Kier alpha value is -1.97. The maximum atomic E-state index is 6.29. The van der Waals surface area contributed by atoms with Gasteiger partial charge in [0.2, 0.25) is 0 Å². The first-order valence-electron chi connectivity index (χ1n) is 6.43. The van der Waals surface area contributed by atoms with Crippen LogP contribution in [0.5, 0.6) is 0 Å². The molecule has 3 N–H and O–H groups in total. The van der Waals surface area contributed by atoms with Gasteiger partial charge in [0.15, 0.2) is 5.82 Å². The Morgan fingerprint density at radius 2 is 1.67 bits per heavy atom. The minimum atomic E-state index is 0.423. The number of nitrogens with two attached hydrogens (primary N) is 1. The minimum absolute atomic E-state index is 0.423. The molecule has 3 nitrogen and oxygen atoms in total. The Kier molecular flexibility index (Phi) is 3.62. The van der Waals surface area contributed by atoms with Gasteiger partial charge in [-0.25, -0.2) is 0 Å². The third-order valence-corrected chi connectivity index (χ3v) is 3.94. The molecule has 0 saturated carbocycles. The van der Waals surface area contributed by atoms with E-state index in [4.69, 9.17) is 28.9 Å². The van der Waals surface area contributed by atoms with E-state index in [0.29, 0.717) is 21.4 Å². The Balaban J connectivity index is 2.27. The van der Waals surface area contributed by atoms with Gasteiger partial charge in [0.25, 0.3) is 0 Å². The van der Waals surface area contributed by atoms with E-state index in [2.05, 4.69) is 16.3 Å². The molecular weight excluding hydrogens is 305 g/mol. The zero-order valence-corrected chi connectivity index (χ0v) is 12.8. The molecule has 2 aromatic carbocycles. The van der Waals surface area contributed by atoms with Crippen molar-refractivity contribution in [3.05, 3.63) is 58.1 Å². The molecule has 0 bridgehead atoms. The molecule has 0 fully saturated rings. The van der Waals surface area contributed by atoms with Gasteiger partial charge in [0, 0.05) is 5.56 Å². The number of hydrogen-bond donors (Lipinski definition) is 2. The fraction of sp³-hybridized carbons (Fsp3) is 0.0625. The molecule has 1 aromatic heterocycles. The Morgan fingerprint density at radius 1 is 1.00 bits per heavy atom. The lowest BCUT2D eigenvalue weighted by Crippen LogP contribution is -1.90. The number of benzene rings is 2. The number of H-pyrrole nitrogens is 1. The van der Waals surface area contributed by atoms with E-state index in [-0.39, 0.29) is 0 Å². The van der Waals surface area contributed by atoms with Crippen molar-refractivity contribution in [2.75, 3.05) is 5.73 Å². The molecule has 0 amide bonds. The number of nitrogen functional groups attached to an aromatic ring is 1. The van der Waals surface area contributed by atoms with Crippen LogP contribution < -0.4 is 5.73 Å². The van der Waals surface area contributed by atoms with Crippen LogP contribution in [0.3, 0.4) is 0 Å². The second kappa shape index (κ2) is 5.43. The summed E-state index contributed by atoms with van der Waals surface area (Å²) in [4.78, 5) is 0. The molecule has 0 aliphatic rings. The number of anilines is 1. The molecule has 21 heavy (non-hydrogen) atoms. The number of rotatable bonds is 2. The van der Waals surface area contributed by atoms with Crippen LogP contribution in [-0.2, 0) is 0 Å². The standard InChI is InChI=1S/C16H13Cl2N3/c1-9-4-2-5-10(8-9)13-15(20-21-16(13)19)14-11(17)6-3-7-12(14)18/h2-8H,1H3,(H3,19,20,21). The van der Waals surface area contributed by atoms with Gasteiger partial charge in [0.05, 0.1) is 21.3 Å². The summed E-state index contributed by atoms with van der Waals surface area (Å²) >= 11 is 12.6. The molecule has 0 aliphatic heterocycles. The van der Waals surface area contributed by atoms with Crippen LogP contribution in [0.2, 0.25) is 10.0 Å². The summed E-state index contributed by atoms with van der Waals surface area (Å²) in [6, 6.07) is 13.4. The van der Waals surface area contributed by atoms with Crippen LogP contribution >= 0.6 is 23.2 Å². The molecule has 0 aliphatic carbocycles. The number of halogens is 2. The van der Waals surface area contributed by atoms with E-state index in [1.807, 2.05) is 25.1 Å². The SMILES string of the molecule is Cc1cccc(-c2c(N)n[nH]c2-c2c(Cl)cccc2Cl)c1. The van der Waals surface area contributed by atoms with Gasteiger partial charge in [-0.2, -0.15) is 5.10 Å². The average molecular weight is 318 g/mol. The predicted octanol–water partition coefficient (Wildman–Crippen LogP) is 4.94. The highest BCUT2D eigenvalue weighted by molar-refractivity contribution is 6.39. The molecule has 106 valence electrons. The second-order valence-corrected chi connectivity index (χ2v) is 5.64. The first-order valence-corrected chi connectivity index (χ1v) is 7.19. The number of aryl methyl sites for hydroxylation is 1. The number of aromatic amines is 1. The van der Waals surface area contributed by atoms with Crippen molar-refractivity contribution in [1.29, 1.82) is 0 Å². The highest BCUT2D eigenvalue weighted by Crippen LogP contribution is 2.41. The molecule has 1 heterocycles. The molecule has 0 spiro atoms. The molecule has 0 saturated heterocycles. The van der Waals surface area contributed by atoms with Crippen LogP contribution in [-0.4, -0.2) is 10.2 Å². The predicted molar refractivity (Wildman–Crippen MR) is 88.6 cm³/mol. The van der Waals surface area contributed by atoms with Crippen LogP contribution in [0.15, 0.2) is 42.5 Å². The number of nitrogens with zero attached hydrogens (tertiary/aromatic N) is 1. The summed E-state index contributed by atoms with van der Waals surface area (Å²) in [5.41, 5.74) is 10.4. The van der Waals surface area contributed by atoms with Crippen molar-refractivity contribution in [2.45, 2.75) is 6.92 Å². The van der Waals surface area contributed by atoms with Gasteiger partial charge in [-0.1, -0.05) is 59.1 Å². The number of nitrogens with one attached hydrogen (secondary N) is 1. The normalized spacial score (nSPS) is 10.8. The summed E-state index contributed by atoms with van der Waals surface area (Å²) in [7, 11) is 0. The van der Waals surface area contributed by atoms with Gasteiger partial charge in [0.1, 0.15) is 0 Å². The van der Waals surface area contributed by atoms with Crippen molar-refractivity contribution >= 4 is 29.0 Å². The average Bonchev–Trinajstić information content (AvgIpc) is 2.80. The Bertz CT molecular complexity index is 789. The summed E-state index contributed by atoms with van der Waals surface area (Å²) < 4.78 is 0. The molecule has 0 atom stereocenters. The first-order chi connectivity index (χ1) is 10.1. The van der Waals surface area contributed by atoms with E-state index >= 15 is 0 Å². The Morgan fingerprint density at radius 3 is 2.33 bits per heavy atom. The first kappa shape index (κ1) is 14.0. The summed E-state index contributed by atoms with van der Waals surface area (Å²) in [5, 5.41) is 8.17. The van der Waals surface area contributed by atoms with Gasteiger partial charge in [-0.3, -0.25) is 5.10 Å². The molecule has 3 rings (SSSR count). The zero-order chi connectivity index (χ0) is 15.0. The second-order valence-electron chi connectivity index (χ2n) is 4.82. The zero-order valence-electron chi connectivity index (χ0n) is 11.3. The van der Waals surface area contributed by atoms with Gasteiger partial charge >= 0.3 is 0 Å². The van der Waals surface area contributed by atoms with Crippen molar-refractivity contribution in [3.8, 4) is 22.4 Å². The molecule has 0 radical (unpaired) electrons. The fourth-order valence-electron chi connectivity index (χ4n) is 2.37. The van der Waals surface area contributed by atoms with Crippen molar-refractivity contribution in [3.63, 3.8) is 0 Å². The highest BCUT2D eigenvalue weighted by atomic mass is 35.5. The molecule has 0 unspecified atom stereocenters. The smallest absolute Gasteiger partial charge is 0.153 e. The summed E-state index contributed by atoms with van der Waals surface area (Å²) in [6.07, 6.45) is 0. The number of aromatic nitrogens is 2. The van der Waals surface area contributed by atoms with Gasteiger partial charge in [-0.15, -0.1) is 0 Å². The third-order valence-electron chi connectivity index (χ3n) is 3.31. The van der Waals surface area contributed by atoms with E-state index in [1.165, 1.54) is 0 Å². The van der Waals surface area contributed by atoms with Crippen molar-refractivity contribution < 1.29 is 0 Å². The lowest BCUT2D eigenvalue weighted by Gasteiger charge is -2.09. The largest absolute Gasteiger partial charge is 0.382 e. The van der Waals surface area contributed by atoms with E-state index in [9.17, 15) is 0 Å². The monoisotopic (exact) mass is 317 g/mol. The van der Waals surface area contributed by atoms with E-state index in [0.717, 1.165) is 22.4 Å². The quantitative estimate of drug-likeness (QED) is 0.703. The minimum Gasteiger partial charge on any atom is -0.382 e. The van der Waals surface area contributed by atoms with E-state index in [1.54, 1.807) is 18.2 Å². The fourth-order valence-corrected chi connectivity index (χ4v) is 2.95. The topological polar surface area (TPSA) is 54.7 Å². The lowest BCUT2D eigenvalue weighted by atomic mass is 9.99. The van der Waals surface area contributed by atoms with Crippen molar-refractivity contribution in [2.24, 2.45) is 0 Å². The maximum absolute atomic E-state index is 6.29. The lowest BCUT2D eigenvalue weighted by molar-refractivity contribution is 1.10.